The number of aromatic nitrogens is 2. The summed E-state index contributed by atoms with van der Waals surface area (Å²) in [4.78, 5) is 14.6. The molecule has 20 heavy (non-hydrogen) atoms. The Morgan fingerprint density at radius 1 is 1.30 bits per heavy atom. The van der Waals surface area contributed by atoms with Crippen LogP contribution in [0.2, 0.25) is 0 Å². The molecule has 1 aromatic heterocycles. The molecule has 1 heterocycles. The first-order valence-corrected chi connectivity index (χ1v) is 7.81. The Hall–Kier alpha value is -1.52. The number of hydrogen-bond acceptors (Lipinski definition) is 3. The zero-order valence-corrected chi connectivity index (χ0v) is 12.0. The van der Waals surface area contributed by atoms with Crippen LogP contribution in [-0.4, -0.2) is 33.2 Å². The van der Waals surface area contributed by atoms with Crippen LogP contribution >= 0.6 is 0 Å². The second kappa shape index (κ2) is 5.85. The molecule has 0 unspecified atom stereocenters. The number of nitrogens with zero attached hydrogens (tertiary/aromatic N) is 3. The van der Waals surface area contributed by atoms with Gasteiger partial charge in [0.25, 0.3) is 0 Å². The van der Waals surface area contributed by atoms with Gasteiger partial charge in [0.1, 0.15) is 12.4 Å². The van der Waals surface area contributed by atoms with Gasteiger partial charge in [-0.05, 0) is 37.7 Å². The van der Waals surface area contributed by atoms with E-state index in [9.17, 15) is 4.79 Å². The van der Waals surface area contributed by atoms with Gasteiger partial charge in [0.2, 0.25) is 5.91 Å². The third-order valence-electron chi connectivity index (χ3n) is 4.45. The lowest BCUT2D eigenvalue weighted by Gasteiger charge is -2.30. The van der Waals surface area contributed by atoms with Crippen LogP contribution < -0.4 is 5.73 Å². The van der Waals surface area contributed by atoms with Gasteiger partial charge in [-0.25, -0.2) is 0 Å². The standard InChI is InChI=1S/C15H24N4O/c16-14-8-9-18(17-14)11-15(20)19(13-6-7-13)10-12-4-2-1-3-5-12/h8-9,12-13H,1-7,10-11H2,(H2,16,17). The molecule has 1 aromatic rings. The third kappa shape index (κ3) is 3.32. The van der Waals surface area contributed by atoms with Crippen molar-refractivity contribution in [3.8, 4) is 0 Å². The minimum Gasteiger partial charge on any atom is -0.382 e. The van der Waals surface area contributed by atoms with Crippen molar-refractivity contribution in [2.24, 2.45) is 5.92 Å². The van der Waals surface area contributed by atoms with E-state index < -0.39 is 0 Å². The molecule has 2 N–H and O–H groups in total. The molecule has 2 aliphatic carbocycles. The summed E-state index contributed by atoms with van der Waals surface area (Å²) in [6.45, 7) is 1.26. The van der Waals surface area contributed by atoms with Crippen molar-refractivity contribution in [2.75, 3.05) is 12.3 Å². The highest BCUT2D eigenvalue weighted by molar-refractivity contribution is 5.76. The second-order valence-corrected chi connectivity index (χ2v) is 6.22. The molecule has 2 fully saturated rings. The van der Waals surface area contributed by atoms with Crippen LogP contribution in [0.3, 0.4) is 0 Å². The Morgan fingerprint density at radius 2 is 2.05 bits per heavy atom. The molecule has 5 nitrogen and oxygen atoms in total. The highest BCUT2D eigenvalue weighted by Crippen LogP contribution is 2.31. The number of amides is 1. The summed E-state index contributed by atoms with van der Waals surface area (Å²) < 4.78 is 1.65. The van der Waals surface area contributed by atoms with Crippen LogP contribution in [-0.2, 0) is 11.3 Å². The summed E-state index contributed by atoms with van der Waals surface area (Å²) >= 11 is 0. The molecule has 0 spiro atoms. The molecule has 0 atom stereocenters. The summed E-state index contributed by atoms with van der Waals surface area (Å²) in [6.07, 6.45) is 10.7. The first-order chi connectivity index (χ1) is 9.72. The minimum absolute atomic E-state index is 0.196. The molecule has 2 aliphatic rings. The monoisotopic (exact) mass is 276 g/mol. The number of carbonyl (C=O) groups is 1. The van der Waals surface area contributed by atoms with Crippen LogP contribution in [0.15, 0.2) is 12.3 Å². The molecule has 110 valence electrons. The summed E-state index contributed by atoms with van der Waals surface area (Å²) in [5.74, 6) is 1.38. The van der Waals surface area contributed by atoms with Crippen molar-refractivity contribution in [2.45, 2.75) is 57.5 Å². The van der Waals surface area contributed by atoms with E-state index in [4.69, 9.17) is 5.73 Å². The van der Waals surface area contributed by atoms with Crippen molar-refractivity contribution in [1.29, 1.82) is 0 Å². The molecule has 0 saturated heterocycles. The maximum absolute atomic E-state index is 12.5. The van der Waals surface area contributed by atoms with Crippen LogP contribution in [0.4, 0.5) is 5.82 Å². The van der Waals surface area contributed by atoms with Crippen molar-refractivity contribution in [1.82, 2.24) is 14.7 Å². The van der Waals surface area contributed by atoms with E-state index in [1.165, 1.54) is 44.9 Å². The highest BCUT2D eigenvalue weighted by atomic mass is 16.2. The largest absolute Gasteiger partial charge is 0.382 e. The first kappa shape index (κ1) is 13.5. The fourth-order valence-corrected chi connectivity index (χ4v) is 3.18. The maximum Gasteiger partial charge on any atom is 0.244 e. The van der Waals surface area contributed by atoms with E-state index in [2.05, 4.69) is 10.00 Å². The minimum atomic E-state index is 0.196. The normalized spacial score (nSPS) is 20.0. The van der Waals surface area contributed by atoms with Crippen molar-refractivity contribution >= 4 is 11.7 Å². The molecule has 0 radical (unpaired) electrons. The van der Waals surface area contributed by atoms with Crippen LogP contribution in [0.5, 0.6) is 0 Å². The van der Waals surface area contributed by atoms with E-state index in [0.29, 0.717) is 24.3 Å². The zero-order chi connectivity index (χ0) is 13.9. The number of anilines is 1. The van der Waals surface area contributed by atoms with E-state index in [-0.39, 0.29) is 5.91 Å². The number of hydrogen-bond donors (Lipinski definition) is 1. The lowest BCUT2D eigenvalue weighted by atomic mass is 9.89. The number of nitrogen functional groups attached to an aromatic ring is 1. The van der Waals surface area contributed by atoms with Gasteiger partial charge in [-0.3, -0.25) is 9.48 Å². The fourth-order valence-electron chi connectivity index (χ4n) is 3.18. The average Bonchev–Trinajstić information content (AvgIpc) is 3.21. The first-order valence-electron chi connectivity index (χ1n) is 7.81. The zero-order valence-electron chi connectivity index (χ0n) is 12.0. The molecule has 1 amide bonds. The highest BCUT2D eigenvalue weighted by Gasteiger charge is 2.34. The molecule has 0 aliphatic heterocycles. The van der Waals surface area contributed by atoms with Gasteiger partial charge in [0, 0.05) is 18.8 Å². The molecule has 0 bridgehead atoms. The van der Waals surface area contributed by atoms with Gasteiger partial charge in [0.05, 0.1) is 0 Å². The maximum atomic E-state index is 12.5. The van der Waals surface area contributed by atoms with Crippen molar-refractivity contribution < 1.29 is 4.79 Å². The predicted molar refractivity (Wildman–Crippen MR) is 77.9 cm³/mol. The lowest BCUT2D eigenvalue weighted by Crippen LogP contribution is -2.39. The number of carbonyl (C=O) groups excluding carboxylic acids is 1. The van der Waals surface area contributed by atoms with E-state index in [1.54, 1.807) is 16.9 Å². The van der Waals surface area contributed by atoms with E-state index >= 15 is 0 Å². The summed E-state index contributed by atoms with van der Waals surface area (Å²) in [6, 6.07) is 2.22. The Bertz CT molecular complexity index is 460. The molecule has 5 heteroatoms. The quantitative estimate of drug-likeness (QED) is 0.895. The van der Waals surface area contributed by atoms with Crippen molar-refractivity contribution in [3.63, 3.8) is 0 Å². The van der Waals surface area contributed by atoms with Crippen molar-refractivity contribution in [3.05, 3.63) is 12.3 Å². The summed E-state index contributed by atoms with van der Waals surface area (Å²) in [5, 5.41) is 4.11. The molecule has 0 aromatic carbocycles. The van der Waals surface area contributed by atoms with Crippen LogP contribution in [0, 0.1) is 5.92 Å². The van der Waals surface area contributed by atoms with Gasteiger partial charge in [-0.1, -0.05) is 19.3 Å². The smallest absolute Gasteiger partial charge is 0.244 e. The third-order valence-corrected chi connectivity index (χ3v) is 4.45. The summed E-state index contributed by atoms with van der Waals surface area (Å²) in [7, 11) is 0. The molecule has 2 saturated carbocycles. The lowest BCUT2D eigenvalue weighted by molar-refractivity contribution is -0.133. The number of rotatable bonds is 5. The topological polar surface area (TPSA) is 64.2 Å². The van der Waals surface area contributed by atoms with Gasteiger partial charge in [-0.2, -0.15) is 5.10 Å². The van der Waals surface area contributed by atoms with Gasteiger partial charge < -0.3 is 10.6 Å². The molecular weight excluding hydrogens is 252 g/mol. The average molecular weight is 276 g/mol. The SMILES string of the molecule is Nc1ccn(CC(=O)N(CC2CCCCC2)C2CC2)n1. The predicted octanol–water partition coefficient (Wildman–Crippen LogP) is 2.04. The van der Waals surface area contributed by atoms with Gasteiger partial charge in [0.15, 0.2) is 0 Å². The molecule has 3 rings (SSSR count). The van der Waals surface area contributed by atoms with Gasteiger partial charge in [-0.15, -0.1) is 0 Å². The second-order valence-electron chi connectivity index (χ2n) is 6.22. The summed E-state index contributed by atoms with van der Waals surface area (Å²) in [5.41, 5.74) is 5.60. The van der Waals surface area contributed by atoms with Gasteiger partial charge >= 0.3 is 0 Å². The Balaban J connectivity index is 1.59. The van der Waals surface area contributed by atoms with Crippen LogP contribution in [0.1, 0.15) is 44.9 Å². The van der Waals surface area contributed by atoms with E-state index in [1.807, 2.05) is 0 Å². The molecular formula is C15H24N4O. The fraction of sp³-hybridized carbons (Fsp3) is 0.733. The Kier molecular flexibility index (Phi) is 3.94. The van der Waals surface area contributed by atoms with E-state index in [0.717, 1.165) is 6.54 Å². The number of nitrogens with two attached hydrogens (primary N) is 1. The van der Waals surface area contributed by atoms with Crippen LogP contribution in [0.25, 0.3) is 0 Å². The Labute approximate surface area is 120 Å². The Morgan fingerprint density at radius 3 is 2.65 bits per heavy atom.